The van der Waals surface area contributed by atoms with E-state index in [1.165, 1.54) is 30.8 Å². The van der Waals surface area contributed by atoms with E-state index in [9.17, 15) is 14.0 Å². The molecule has 1 amide bonds. The van der Waals surface area contributed by atoms with Crippen LogP contribution in [-0.2, 0) is 4.79 Å². The molecular weight excluding hydrogens is 355 g/mol. The Hall–Kier alpha value is -3.00. The molecule has 0 spiro atoms. The van der Waals surface area contributed by atoms with E-state index in [0.717, 1.165) is 11.8 Å². The van der Waals surface area contributed by atoms with Crippen LogP contribution in [0.5, 0.6) is 0 Å². The highest BCUT2D eigenvalue weighted by Crippen LogP contribution is 2.22. The highest BCUT2D eigenvalue weighted by Gasteiger charge is 2.15. The van der Waals surface area contributed by atoms with Gasteiger partial charge in [0, 0.05) is 18.3 Å². The standard InChI is InChI=1S/C18H15FN4O2S/c1-12(24)21-13-7-8-15(16(19)9-13)17(25)10-26-18-22-20-11-23(18)14-5-3-2-4-6-14/h2-9,11H,10H2,1H3,(H,21,24). The number of carbonyl (C=O) groups is 2. The van der Waals surface area contributed by atoms with Crippen molar-refractivity contribution < 1.29 is 14.0 Å². The Morgan fingerprint density at radius 1 is 1.19 bits per heavy atom. The van der Waals surface area contributed by atoms with Gasteiger partial charge in [-0.15, -0.1) is 10.2 Å². The first-order chi connectivity index (χ1) is 12.5. The highest BCUT2D eigenvalue weighted by atomic mass is 32.2. The number of benzene rings is 2. The Kier molecular flexibility index (Phi) is 5.43. The maximum absolute atomic E-state index is 14.1. The zero-order chi connectivity index (χ0) is 18.5. The van der Waals surface area contributed by atoms with Crippen LogP contribution in [-0.4, -0.2) is 32.2 Å². The molecule has 0 fully saturated rings. The van der Waals surface area contributed by atoms with Gasteiger partial charge >= 0.3 is 0 Å². The number of nitrogens with one attached hydrogen (secondary N) is 1. The average molecular weight is 370 g/mol. The van der Waals surface area contributed by atoms with Gasteiger partial charge in [0.2, 0.25) is 5.91 Å². The van der Waals surface area contributed by atoms with Gasteiger partial charge in [0.05, 0.1) is 11.3 Å². The minimum Gasteiger partial charge on any atom is -0.326 e. The number of ketones is 1. The summed E-state index contributed by atoms with van der Waals surface area (Å²) >= 11 is 1.18. The van der Waals surface area contributed by atoms with E-state index in [4.69, 9.17) is 0 Å². The third-order valence-corrected chi connectivity index (χ3v) is 4.42. The normalized spacial score (nSPS) is 10.5. The predicted octanol–water partition coefficient (Wildman–Crippen LogP) is 3.34. The van der Waals surface area contributed by atoms with E-state index in [0.29, 0.717) is 10.8 Å². The fraction of sp³-hybridized carbons (Fsp3) is 0.111. The van der Waals surface area contributed by atoms with Crippen molar-refractivity contribution in [2.75, 3.05) is 11.1 Å². The second-order valence-corrected chi connectivity index (χ2v) is 6.35. The molecule has 0 atom stereocenters. The average Bonchev–Trinajstić information content (AvgIpc) is 3.08. The number of carbonyl (C=O) groups excluding carboxylic acids is 2. The molecule has 0 aliphatic rings. The van der Waals surface area contributed by atoms with Crippen molar-refractivity contribution in [3.05, 3.63) is 66.2 Å². The largest absolute Gasteiger partial charge is 0.326 e. The van der Waals surface area contributed by atoms with Gasteiger partial charge in [0.1, 0.15) is 12.1 Å². The van der Waals surface area contributed by atoms with Crippen LogP contribution in [0.1, 0.15) is 17.3 Å². The van der Waals surface area contributed by atoms with Gasteiger partial charge in [0.25, 0.3) is 0 Å². The molecule has 0 aliphatic carbocycles. The molecule has 1 heterocycles. The number of amides is 1. The third-order valence-electron chi connectivity index (χ3n) is 3.47. The first-order valence-electron chi connectivity index (χ1n) is 7.73. The van der Waals surface area contributed by atoms with Crippen molar-refractivity contribution in [2.45, 2.75) is 12.1 Å². The number of rotatable bonds is 6. The number of anilines is 1. The van der Waals surface area contributed by atoms with Crippen LogP contribution in [0, 0.1) is 5.82 Å². The maximum atomic E-state index is 14.1. The Morgan fingerprint density at radius 3 is 2.65 bits per heavy atom. The van der Waals surface area contributed by atoms with Crippen molar-refractivity contribution >= 4 is 29.1 Å². The van der Waals surface area contributed by atoms with Crippen LogP contribution in [0.25, 0.3) is 5.69 Å². The van der Waals surface area contributed by atoms with Gasteiger partial charge in [-0.3, -0.25) is 14.2 Å². The molecule has 6 nitrogen and oxygen atoms in total. The summed E-state index contributed by atoms with van der Waals surface area (Å²) in [5, 5.41) is 10.9. The summed E-state index contributed by atoms with van der Waals surface area (Å²) in [6.45, 7) is 1.33. The summed E-state index contributed by atoms with van der Waals surface area (Å²) in [5.74, 6) is -1.34. The summed E-state index contributed by atoms with van der Waals surface area (Å²) in [7, 11) is 0. The van der Waals surface area contributed by atoms with E-state index in [1.807, 2.05) is 30.3 Å². The van der Waals surface area contributed by atoms with Crippen molar-refractivity contribution in [2.24, 2.45) is 0 Å². The molecule has 0 radical (unpaired) electrons. The molecule has 0 saturated heterocycles. The Balaban J connectivity index is 1.70. The summed E-state index contributed by atoms with van der Waals surface area (Å²) < 4.78 is 15.9. The molecule has 0 bridgehead atoms. The monoisotopic (exact) mass is 370 g/mol. The van der Waals surface area contributed by atoms with Crippen LogP contribution in [0.15, 0.2) is 60.0 Å². The highest BCUT2D eigenvalue weighted by molar-refractivity contribution is 7.99. The third kappa shape index (κ3) is 4.15. The zero-order valence-corrected chi connectivity index (χ0v) is 14.7. The maximum Gasteiger partial charge on any atom is 0.221 e. The number of halogens is 1. The quantitative estimate of drug-likeness (QED) is 0.532. The lowest BCUT2D eigenvalue weighted by Crippen LogP contribution is -2.09. The molecule has 132 valence electrons. The van der Waals surface area contributed by atoms with Gasteiger partial charge in [-0.1, -0.05) is 30.0 Å². The van der Waals surface area contributed by atoms with Gasteiger partial charge in [-0.25, -0.2) is 4.39 Å². The molecule has 26 heavy (non-hydrogen) atoms. The molecule has 8 heteroatoms. The number of aromatic nitrogens is 3. The Labute approximate surface area is 153 Å². The molecule has 1 N–H and O–H groups in total. The van der Waals surface area contributed by atoms with Gasteiger partial charge < -0.3 is 5.32 Å². The fourth-order valence-electron chi connectivity index (χ4n) is 2.32. The van der Waals surface area contributed by atoms with E-state index < -0.39 is 5.82 Å². The summed E-state index contributed by atoms with van der Waals surface area (Å²) in [4.78, 5) is 23.3. The van der Waals surface area contributed by atoms with Gasteiger partial charge in [-0.2, -0.15) is 0 Å². The number of hydrogen-bond acceptors (Lipinski definition) is 5. The second-order valence-electron chi connectivity index (χ2n) is 5.41. The second kappa shape index (κ2) is 7.92. The smallest absolute Gasteiger partial charge is 0.221 e. The van der Waals surface area contributed by atoms with E-state index >= 15 is 0 Å². The minimum atomic E-state index is -0.675. The van der Waals surface area contributed by atoms with E-state index in [-0.39, 0.29) is 23.0 Å². The van der Waals surface area contributed by atoms with Gasteiger partial charge in [-0.05, 0) is 30.3 Å². The summed E-state index contributed by atoms with van der Waals surface area (Å²) in [6, 6.07) is 13.5. The van der Waals surface area contributed by atoms with Gasteiger partial charge in [0.15, 0.2) is 10.9 Å². The molecule has 0 aliphatic heterocycles. The summed E-state index contributed by atoms with van der Waals surface area (Å²) in [6.07, 6.45) is 1.56. The molecule has 1 aromatic heterocycles. The molecule has 0 saturated carbocycles. The lowest BCUT2D eigenvalue weighted by atomic mass is 10.1. The number of nitrogens with zero attached hydrogens (tertiary/aromatic N) is 3. The molecule has 0 unspecified atom stereocenters. The number of Topliss-reactive ketones (excluding diaryl/α,β-unsaturated/α-hetero) is 1. The lowest BCUT2D eigenvalue weighted by molar-refractivity contribution is -0.114. The number of hydrogen-bond donors (Lipinski definition) is 1. The molecular formula is C18H15FN4O2S. The molecule has 3 aromatic rings. The zero-order valence-electron chi connectivity index (χ0n) is 13.8. The first kappa shape index (κ1) is 17.8. The van der Waals surface area contributed by atoms with Crippen LogP contribution in [0.4, 0.5) is 10.1 Å². The van der Waals surface area contributed by atoms with Crippen molar-refractivity contribution in [3.63, 3.8) is 0 Å². The van der Waals surface area contributed by atoms with Crippen molar-refractivity contribution in [3.8, 4) is 5.69 Å². The number of thioether (sulfide) groups is 1. The van der Waals surface area contributed by atoms with Crippen LogP contribution in [0.2, 0.25) is 0 Å². The van der Waals surface area contributed by atoms with Crippen LogP contribution < -0.4 is 5.32 Å². The van der Waals surface area contributed by atoms with E-state index in [1.54, 1.807) is 10.9 Å². The Bertz CT molecular complexity index is 943. The molecule has 3 rings (SSSR count). The number of para-hydroxylation sites is 1. The SMILES string of the molecule is CC(=O)Nc1ccc(C(=O)CSc2nncn2-c2ccccc2)c(F)c1. The first-order valence-corrected chi connectivity index (χ1v) is 8.72. The fourth-order valence-corrected chi connectivity index (χ4v) is 3.13. The topological polar surface area (TPSA) is 76.9 Å². The summed E-state index contributed by atoms with van der Waals surface area (Å²) in [5.41, 5.74) is 1.15. The Morgan fingerprint density at radius 2 is 1.96 bits per heavy atom. The predicted molar refractivity (Wildman–Crippen MR) is 97.1 cm³/mol. The van der Waals surface area contributed by atoms with Crippen molar-refractivity contribution in [1.29, 1.82) is 0 Å². The lowest BCUT2D eigenvalue weighted by Gasteiger charge is -2.07. The van der Waals surface area contributed by atoms with Crippen LogP contribution >= 0.6 is 11.8 Å². The minimum absolute atomic E-state index is 0.0158. The van der Waals surface area contributed by atoms with Crippen LogP contribution in [0.3, 0.4) is 0 Å². The van der Waals surface area contributed by atoms with E-state index in [2.05, 4.69) is 15.5 Å². The molecule has 2 aromatic carbocycles. The van der Waals surface area contributed by atoms with Crippen molar-refractivity contribution in [1.82, 2.24) is 14.8 Å².